The Hall–Kier alpha value is -3.57. The molecule has 1 amide bonds. The first-order valence-electron chi connectivity index (χ1n) is 10.2. The Labute approximate surface area is 184 Å². The van der Waals surface area contributed by atoms with Gasteiger partial charge in [0.1, 0.15) is 0 Å². The fourth-order valence-corrected chi connectivity index (χ4v) is 4.86. The highest BCUT2D eigenvalue weighted by molar-refractivity contribution is 7.22. The van der Waals surface area contributed by atoms with Gasteiger partial charge in [-0.3, -0.25) is 14.7 Å². The van der Waals surface area contributed by atoms with Crippen LogP contribution >= 0.6 is 11.3 Å². The monoisotopic (exact) mass is 423 g/mol. The first-order valence-corrected chi connectivity index (χ1v) is 11.0. The molecule has 3 aromatic carbocycles. The van der Waals surface area contributed by atoms with E-state index in [1.54, 1.807) is 28.6 Å². The van der Waals surface area contributed by atoms with Gasteiger partial charge >= 0.3 is 0 Å². The molecule has 0 bridgehead atoms. The van der Waals surface area contributed by atoms with E-state index in [2.05, 4.69) is 42.2 Å². The first-order chi connectivity index (χ1) is 15.2. The Balaban J connectivity index is 1.53. The normalized spacial score (nSPS) is 11.1. The summed E-state index contributed by atoms with van der Waals surface area (Å²) in [6.45, 7) is 2.51. The summed E-state index contributed by atoms with van der Waals surface area (Å²) in [4.78, 5) is 24.4. The molecule has 0 N–H and O–H groups in total. The van der Waals surface area contributed by atoms with Crippen LogP contribution in [0.5, 0.6) is 0 Å². The molecule has 0 unspecified atom stereocenters. The Bertz CT molecular complexity index is 1370. The SMILES string of the molecule is Cc1ccc2nc(N(Cc3cccnc3)C(=O)Cc3cccc4ccccc34)sc2c1. The number of aryl methyl sites for hydroxylation is 1. The standard InChI is InChI=1S/C26H21N3OS/c1-18-11-12-23-24(14-18)31-26(28-23)29(17-19-6-5-13-27-16-19)25(30)15-21-9-4-8-20-7-2-3-10-22(20)21/h2-14,16H,15,17H2,1H3. The molecule has 0 saturated heterocycles. The number of carbonyl (C=O) groups excluding carboxylic acids is 1. The maximum Gasteiger partial charge on any atom is 0.233 e. The van der Waals surface area contributed by atoms with Gasteiger partial charge in [-0.05, 0) is 52.6 Å². The number of thiazole rings is 1. The molecule has 31 heavy (non-hydrogen) atoms. The van der Waals surface area contributed by atoms with Crippen LogP contribution in [-0.4, -0.2) is 15.9 Å². The molecule has 2 heterocycles. The van der Waals surface area contributed by atoms with Gasteiger partial charge in [-0.2, -0.15) is 0 Å². The molecule has 0 saturated carbocycles. The Morgan fingerprint density at radius 3 is 2.74 bits per heavy atom. The zero-order valence-corrected chi connectivity index (χ0v) is 18.0. The summed E-state index contributed by atoms with van der Waals surface area (Å²) >= 11 is 1.55. The number of pyridine rings is 1. The fourth-order valence-electron chi connectivity index (χ4n) is 3.78. The second-order valence-corrected chi connectivity index (χ2v) is 8.63. The Kier molecular flexibility index (Phi) is 5.18. The topological polar surface area (TPSA) is 46.1 Å². The number of nitrogens with zero attached hydrogens (tertiary/aromatic N) is 3. The second kappa shape index (κ2) is 8.28. The summed E-state index contributed by atoms with van der Waals surface area (Å²) in [5, 5.41) is 2.97. The summed E-state index contributed by atoms with van der Waals surface area (Å²) in [6, 6.07) is 24.4. The number of fused-ring (bicyclic) bond motifs is 2. The quantitative estimate of drug-likeness (QED) is 0.352. The first kappa shape index (κ1) is 19.4. The predicted octanol–water partition coefficient (Wildman–Crippen LogP) is 5.93. The molecule has 0 atom stereocenters. The number of hydrogen-bond donors (Lipinski definition) is 0. The van der Waals surface area contributed by atoms with Crippen LogP contribution in [0.15, 0.2) is 85.2 Å². The number of aromatic nitrogens is 2. The van der Waals surface area contributed by atoms with Crippen LogP contribution in [0.3, 0.4) is 0 Å². The van der Waals surface area contributed by atoms with Crippen molar-refractivity contribution < 1.29 is 4.79 Å². The molecule has 5 rings (SSSR count). The third kappa shape index (κ3) is 4.05. The van der Waals surface area contributed by atoms with Crippen LogP contribution in [0.4, 0.5) is 5.13 Å². The lowest BCUT2D eigenvalue weighted by Gasteiger charge is -2.20. The highest BCUT2D eigenvalue weighted by Gasteiger charge is 2.21. The summed E-state index contributed by atoms with van der Waals surface area (Å²) < 4.78 is 1.09. The molecular formula is C26H21N3OS. The molecule has 0 spiro atoms. The average molecular weight is 424 g/mol. The van der Waals surface area contributed by atoms with Gasteiger partial charge in [-0.15, -0.1) is 0 Å². The number of rotatable bonds is 5. The van der Waals surface area contributed by atoms with E-state index in [4.69, 9.17) is 4.98 Å². The van der Waals surface area contributed by atoms with Gasteiger partial charge in [0, 0.05) is 12.4 Å². The van der Waals surface area contributed by atoms with Crippen LogP contribution in [-0.2, 0) is 17.8 Å². The van der Waals surface area contributed by atoms with Gasteiger partial charge in [-0.1, -0.05) is 65.9 Å². The number of carbonyl (C=O) groups is 1. The minimum atomic E-state index is 0.0241. The van der Waals surface area contributed by atoms with Crippen molar-refractivity contribution in [2.45, 2.75) is 19.9 Å². The van der Waals surface area contributed by atoms with E-state index in [9.17, 15) is 4.79 Å². The summed E-state index contributed by atoms with van der Waals surface area (Å²) in [5.41, 5.74) is 4.10. The highest BCUT2D eigenvalue weighted by atomic mass is 32.1. The van der Waals surface area contributed by atoms with Crippen LogP contribution in [0.1, 0.15) is 16.7 Å². The van der Waals surface area contributed by atoms with E-state index >= 15 is 0 Å². The molecule has 2 aromatic heterocycles. The largest absolute Gasteiger partial charge is 0.283 e. The lowest BCUT2D eigenvalue weighted by molar-refractivity contribution is -0.118. The maximum absolute atomic E-state index is 13.6. The van der Waals surface area contributed by atoms with E-state index in [1.807, 2.05) is 42.5 Å². The molecule has 0 aliphatic heterocycles. The van der Waals surface area contributed by atoms with Crippen molar-refractivity contribution >= 4 is 43.4 Å². The van der Waals surface area contributed by atoms with Gasteiger partial charge < -0.3 is 0 Å². The smallest absolute Gasteiger partial charge is 0.233 e. The minimum absolute atomic E-state index is 0.0241. The van der Waals surface area contributed by atoms with Crippen molar-refractivity contribution in [1.82, 2.24) is 9.97 Å². The molecule has 0 aliphatic carbocycles. The number of anilines is 1. The number of amides is 1. The lowest BCUT2D eigenvalue weighted by Crippen LogP contribution is -2.31. The average Bonchev–Trinajstić information content (AvgIpc) is 3.21. The van der Waals surface area contributed by atoms with Gasteiger partial charge in [-0.25, -0.2) is 4.98 Å². The molecule has 0 fully saturated rings. The highest BCUT2D eigenvalue weighted by Crippen LogP contribution is 2.31. The van der Waals surface area contributed by atoms with Crippen molar-refractivity contribution in [3.05, 3.63) is 102 Å². The third-order valence-corrected chi connectivity index (χ3v) is 6.39. The number of benzene rings is 3. The summed E-state index contributed by atoms with van der Waals surface area (Å²) in [7, 11) is 0. The molecule has 0 radical (unpaired) electrons. The van der Waals surface area contributed by atoms with Crippen LogP contribution in [0, 0.1) is 6.92 Å². The summed E-state index contributed by atoms with van der Waals surface area (Å²) in [5.74, 6) is 0.0241. The van der Waals surface area contributed by atoms with E-state index < -0.39 is 0 Å². The van der Waals surface area contributed by atoms with Gasteiger partial charge in [0.2, 0.25) is 5.91 Å². The van der Waals surface area contributed by atoms with Crippen molar-refractivity contribution in [3.63, 3.8) is 0 Å². The van der Waals surface area contributed by atoms with Crippen LogP contribution < -0.4 is 4.90 Å². The summed E-state index contributed by atoms with van der Waals surface area (Å²) in [6.07, 6.45) is 3.86. The minimum Gasteiger partial charge on any atom is -0.283 e. The van der Waals surface area contributed by atoms with Crippen molar-refractivity contribution in [2.24, 2.45) is 0 Å². The van der Waals surface area contributed by atoms with E-state index in [0.29, 0.717) is 13.0 Å². The zero-order chi connectivity index (χ0) is 21.2. The molecule has 152 valence electrons. The van der Waals surface area contributed by atoms with Crippen molar-refractivity contribution in [3.8, 4) is 0 Å². The zero-order valence-electron chi connectivity index (χ0n) is 17.2. The Morgan fingerprint density at radius 2 is 1.87 bits per heavy atom. The number of hydrogen-bond acceptors (Lipinski definition) is 4. The van der Waals surface area contributed by atoms with Crippen molar-refractivity contribution in [1.29, 1.82) is 0 Å². The van der Waals surface area contributed by atoms with Gasteiger partial charge in [0.15, 0.2) is 5.13 Å². The van der Waals surface area contributed by atoms with E-state index in [1.165, 1.54) is 5.56 Å². The van der Waals surface area contributed by atoms with Crippen molar-refractivity contribution in [2.75, 3.05) is 4.90 Å². The Morgan fingerprint density at radius 1 is 1.00 bits per heavy atom. The van der Waals surface area contributed by atoms with Gasteiger partial charge in [0.05, 0.1) is 23.2 Å². The van der Waals surface area contributed by atoms with E-state index in [0.717, 1.165) is 37.2 Å². The van der Waals surface area contributed by atoms with E-state index in [-0.39, 0.29) is 5.91 Å². The molecule has 5 heteroatoms. The van der Waals surface area contributed by atoms with Crippen LogP contribution in [0.25, 0.3) is 21.0 Å². The fraction of sp³-hybridized carbons (Fsp3) is 0.115. The van der Waals surface area contributed by atoms with Gasteiger partial charge in [0.25, 0.3) is 0 Å². The molecule has 5 aromatic rings. The third-order valence-electron chi connectivity index (χ3n) is 5.35. The maximum atomic E-state index is 13.6. The molecule has 4 nitrogen and oxygen atoms in total. The lowest BCUT2D eigenvalue weighted by atomic mass is 10.0. The molecular weight excluding hydrogens is 402 g/mol. The molecule has 0 aliphatic rings. The predicted molar refractivity (Wildman–Crippen MR) is 127 cm³/mol. The van der Waals surface area contributed by atoms with Crippen LogP contribution in [0.2, 0.25) is 0 Å². The second-order valence-electron chi connectivity index (χ2n) is 7.62.